The predicted octanol–water partition coefficient (Wildman–Crippen LogP) is 3.01. The summed E-state index contributed by atoms with van der Waals surface area (Å²) in [7, 11) is 0. The van der Waals surface area contributed by atoms with Crippen LogP contribution in [0.4, 0.5) is 5.82 Å². The minimum Gasteiger partial charge on any atom is -0.494 e. The number of amides is 2. The minimum atomic E-state index is -0.772. The molecule has 0 aliphatic heterocycles. The molecule has 1 heterocycles. The van der Waals surface area contributed by atoms with Gasteiger partial charge in [-0.1, -0.05) is 23.2 Å². The lowest BCUT2D eigenvalue weighted by Gasteiger charge is -2.09. The first kappa shape index (κ1) is 22.4. The fourth-order valence-corrected chi connectivity index (χ4v) is 2.54. The van der Waals surface area contributed by atoms with E-state index in [1.165, 1.54) is 6.07 Å². The maximum atomic E-state index is 12.0. The first-order valence-corrected chi connectivity index (χ1v) is 9.35. The Balaban J connectivity index is 1.77. The van der Waals surface area contributed by atoms with Gasteiger partial charge in [-0.15, -0.1) is 0 Å². The average molecular weight is 440 g/mol. The summed E-state index contributed by atoms with van der Waals surface area (Å²) >= 11 is 11.8. The van der Waals surface area contributed by atoms with E-state index < -0.39 is 30.9 Å². The number of aromatic nitrogens is 1. The van der Waals surface area contributed by atoms with Crippen molar-refractivity contribution >= 4 is 46.8 Å². The SMILES string of the molecule is CCOc1ccc(C(=O)NCC(=O)OCC(=O)Nc2nc(C)c(Cl)cc2Cl)cc1. The Morgan fingerprint density at radius 2 is 1.79 bits per heavy atom. The Morgan fingerprint density at radius 3 is 2.45 bits per heavy atom. The molecular formula is C19H19Cl2N3O5. The van der Waals surface area contributed by atoms with Gasteiger partial charge in [-0.2, -0.15) is 0 Å². The Kier molecular flexibility index (Phi) is 8.23. The second-order valence-corrected chi connectivity index (χ2v) is 6.55. The Hall–Kier alpha value is -2.84. The number of nitrogens with zero attached hydrogens (tertiary/aromatic N) is 1. The van der Waals surface area contributed by atoms with E-state index >= 15 is 0 Å². The highest BCUT2D eigenvalue weighted by Gasteiger charge is 2.13. The van der Waals surface area contributed by atoms with E-state index in [1.54, 1.807) is 31.2 Å². The van der Waals surface area contributed by atoms with E-state index in [1.807, 2.05) is 6.92 Å². The highest BCUT2D eigenvalue weighted by atomic mass is 35.5. The highest BCUT2D eigenvalue weighted by molar-refractivity contribution is 6.36. The van der Waals surface area contributed by atoms with Gasteiger partial charge in [0, 0.05) is 5.56 Å². The molecule has 0 unspecified atom stereocenters. The molecule has 0 saturated carbocycles. The van der Waals surface area contributed by atoms with Crippen LogP contribution in [0.1, 0.15) is 23.0 Å². The number of hydrogen-bond donors (Lipinski definition) is 2. The van der Waals surface area contributed by atoms with Gasteiger partial charge in [-0.3, -0.25) is 14.4 Å². The van der Waals surface area contributed by atoms with Gasteiger partial charge in [0.2, 0.25) is 0 Å². The van der Waals surface area contributed by atoms with Gasteiger partial charge in [0.05, 0.1) is 22.3 Å². The summed E-state index contributed by atoms with van der Waals surface area (Å²) < 4.78 is 10.1. The molecule has 1 aromatic heterocycles. The summed E-state index contributed by atoms with van der Waals surface area (Å²) in [4.78, 5) is 39.7. The van der Waals surface area contributed by atoms with Crippen LogP contribution in [0.25, 0.3) is 0 Å². The van der Waals surface area contributed by atoms with Crippen molar-refractivity contribution in [2.45, 2.75) is 13.8 Å². The van der Waals surface area contributed by atoms with Crippen molar-refractivity contribution in [1.29, 1.82) is 0 Å². The number of nitrogens with one attached hydrogen (secondary N) is 2. The fourth-order valence-electron chi connectivity index (χ4n) is 2.14. The first-order valence-electron chi connectivity index (χ1n) is 8.59. The quantitative estimate of drug-likeness (QED) is 0.612. The number of carbonyl (C=O) groups is 3. The predicted molar refractivity (Wildman–Crippen MR) is 109 cm³/mol. The van der Waals surface area contributed by atoms with Gasteiger partial charge >= 0.3 is 5.97 Å². The van der Waals surface area contributed by atoms with Crippen LogP contribution in [0, 0.1) is 6.92 Å². The Morgan fingerprint density at radius 1 is 1.10 bits per heavy atom. The molecule has 154 valence electrons. The third-order valence-electron chi connectivity index (χ3n) is 3.55. The highest BCUT2D eigenvalue weighted by Crippen LogP contribution is 2.25. The summed E-state index contributed by atoms with van der Waals surface area (Å²) in [5, 5.41) is 5.35. The summed E-state index contributed by atoms with van der Waals surface area (Å²) in [6, 6.07) is 7.90. The summed E-state index contributed by atoms with van der Waals surface area (Å²) in [6.45, 7) is 3.08. The van der Waals surface area contributed by atoms with Crippen molar-refractivity contribution < 1.29 is 23.9 Å². The third-order valence-corrected chi connectivity index (χ3v) is 4.22. The lowest BCUT2D eigenvalue weighted by molar-refractivity contribution is -0.146. The van der Waals surface area contributed by atoms with E-state index in [-0.39, 0.29) is 10.8 Å². The average Bonchev–Trinajstić information content (AvgIpc) is 2.69. The largest absolute Gasteiger partial charge is 0.494 e. The van der Waals surface area contributed by atoms with Crippen molar-refractivity contribution in [3.05, 3.63) is 51.6 Å². The van der Waals surface area contributed by atoms with Gasteiger partial charge in [0.1, 0.15) is 12.3 Å². The molecule has 2 aromatic rings. The van der Waals surface area contributed by atoms with Crippen molar-refractivity contribution in [2.24, 2.45) is 0 Å². The van der Waals surface area contributed by atoms with Crippen LogP contribution in [0.5, 0.6) is 5.75 Å². The van der Waals surface area contributed by atoms with Crippen LogP contribution in [0.2, 0.25) is 10.0 Å². The molecule has 2 rings (SSSR count). The number of ether oxygens (including phenoxy) is 2. The van der Waals surface area contributed by atoms with E-state index in [0.717, 1.165) is 0 Å². The number of benzene rings is 1. The van der Waals surface area contributed by atoms with Crippen molar-refractivity contribution in [1.82, 2.24) is 10.3 Å². The summed E-state index contributed by atoms with van der Waals surface area (Å²) in [5.74, 6) is -1.11. The molecule has 10 heteroatoms. The second kappa shape index (κ2) is 10.6. The summed E-state index contributed by atoms with van der Waals surface area (Å²) in [5.41, 5.74) is 0.846. The van der Waals surface area contributed by atoms with Crippen LogP contribution in [0.15, 0.2) is 30.3 Å². The molecular weight excluding hydrogens is 421 g/mol. The summed E-state index contributed by atoms with van der Waals surface area (Å²) in [6.07, 6.45) is 0. The Bertz CT molecular complexity index is 903. The maximum absolute atomic E-state index is 12.0. The number of aryl methyl sites for hydroxylation is 1. The van der Waals surface area contributed by atoms with Crippen molar-refractivity contribution in [3.8, 4) is 5.75 Å². The van der Waals surface area contributed by atoms with Crippen LogP contribution in [-0.4, -0.2) is 42.5 Å². The van der Waals surface area contributed by atoms with Gasteiger partial charge < -0.3 is 20.1 Å². The number of halogens is 2. The van der Waals surface area contributed by atoms with Crippen molar-refractivity contribution in [3.63, 3.8) is 0 Å². The molecule has 2 N–H and O–H groups in total. The molecule has 0 fully saturated rings. The molecule has 0 spiro atoms. The molecule has 0 bridgehead atoms. The van der Waals surface area contributed by atoms with Crippen LogP contribution < -0.4 is 15.4 Å². The smallest absolute Gasteiger partial charge is 0.325 e. The fraction of sp³-hybridized carbons (Fsp3) is 0.263. The zero-order valence-electron chi connectivity index (χ0n) is 15.8. The standard InChI is InChI=1S/C19H19Cl2N3O5/c1-3-28-13-6-4-12(5-7-13)19(27)22-9-17(26)29-10-16(25)24-18-15(21)8-14(20)11(2)23-18/h4-8H,3,9-10H2,1-2H3,(H,22,27)(H,23,24,25). The van der Waals surface area contributed by atoms with Crippen LogP contribution in [-0.2, 0) is 14.3 Å². The minimum absolute atomic E-state index is 0.110. The number of pyridine rings is 1. The number of anilines is 1. The Labute approximate surface area is 177 Å². The van der Waals surface area contributed by atoms with Gasteiger partial charge in [0.15, 0.2) is 12.4 Å². The van der Waals surface area contributed by atoms with Crippen LogP contribution >= 0.6 is 23.2 Å². The van der Waals surface area contributed by atoms with Crippen molar-refractivity contribution in [2.75, 3.05) is 25.1 Å². The van der Waals surface area contributed by atoms with E-state index in [9.17, 15) is 14.4 Å². The molecule has 0 saturated heterocycles. The topological polar surface area (TPSA) is 107 Å². The number of carbonyl (C=O) groups excluding carboxylic acids is 3. The molecule has 0 aliphatic carbocycles. The molecule has 29 heavy (non-hydrogen) atoms. The van der Waals surface area contributed by atoms with Crippen LogP contribution in [0.3, 0.4) is 0 Å². The van der Waals surface area contributed by atoms with E-state index in [0.29, 0.717) is 28.6 Å². The zero-order chi connectivity index (χ0) is 21.4. The number of rotatable bonds is 8. The lowest BCUT2D eigenvalue weighted by Crippen LogP contribution is -2.32. The second-order valence-electron chi connectivity index (χ2n) is 5.73. The van der Waals surface area contributed by atoms with E-state index in [4.69, 9.17) is 32.7 Å². The lowest BCUT2D eigenvalue weighted by atomic mass is 10.2. The third kappa shape index (κ3) is 6.92. The van der Waals surface area contributed by atoms with E-state index in [2.05, 4.69) is 15.6 Å². The molecule has 1 aromatic carbocycles. The number of esters is 1. The van der Waals surface area contributed by atoms with Gasteiger partial charge in [-0.25, -0.2) is 4.98 Å². The molecule has 0 aliphatic rings. The van der Waals surface area contributed by atoms with Gasteiger partial charge in [0.25, 0.3) is 11.8 Å². The molecule has 0 atom stereocenters. The maximum Gasteiger partial charge on any atom is 0.325 e. The number of hydrogen-bond acceptors (Lipinski definition) is 6. The molecule has 0 radical (unpaired) electrons. The monoisotopic (exact) mass is 439 g/mol. The normalized spacial score (nSPS) is 10.2. The van der Waals surface area contributed by atoms with Gasteiger partial charge in [-0.05, 0) is 44.2 Å². The molecule has 2 amide bonds. The zero-order valence-corrected chi connectivity index (χ0v) is 17.3. The first-order chi connectivity index (χ1) is 13.8. The molecule has 8 nitrogen and oxygen atoms in total.